The van der Waals surface area contributed by atoms with Gasteiger partial charge < -0.3 is 10.4 Å². The predicted octanol–water partition coefficient (Wildman–Crippen LogP) is 4.75. The Kier molecular flexibility index (Phi) is 5.30. The van der Waals surface area contributed by atoms with Crippen LogP contribution in [0, 0.1) is 5.82 Å². The highest BCUT2D eigenvalue weighted by atomic mass is 19.1. The van der Waals surface area contributed by atoms with Gasteiger partial charge in [0.1, 0.15) is 11.5 Å². The molecule has 2 N–H and O–H groups in total. The van der Waals surface area contributed by atoms with Crippen molar-refractivity contribution in [2.24, 2.45) is 0 Å². The third kappa shape index (κ3) is 3.67. The first kappa shape index (κ1) is 19.4. The summed E-state index contributed by atoms with van der Waals surface area (Å²) < 4.78 is 14.8. The number of carbonyl (C=O) groups excluding carboxylic acids is 1. The molecule has 30 heavy (non-hydrogen) atoms. The molecule has 0 saturated carbocycles. The number of rotatable bonds is 6. The molecule has 6 heteroatoms. The molecule has 5 nitrogen and oxygen atoms in total. The summed E-state index contributed by atoms with van der Waals surface area (Å²) in [6.45, 7) is 0. The van der Waals surface area contributed by atoms with E-state index in [1.165, 1.54) is 11.0 Å². The number of halogens is 1. The summed E-state index contributed by atoms with van der Waals surface area (Å²) in [7, 11) is 0. The molecule has 0 spiro atoms. The average molecular weight is 402 g/mol. The van der Waals surface area contributed by atoms with E-state index in [4.69, 9.17) is 0 Å². The van der Waals surface area contributed by atoms with Crippen LogP contribution >= 0.6 is 0 Å². The van der Waals surface area contributed by atoms with Crippen molar-refractivity contribution in [3.63, 3.8) is 0 Å². The lowest BCUT2D eigenvalue weighted by atomic mass is 9.95. The van der Waals surface area contributed by atoms with Crippen LogP contribution in [0.5, 0.6) is 0 Å². The van der Waals surface area contributed by atoms with Gasteiger partial charge in [0.2, 0.25) is 0 Å². The summed E-state index contributed by atoms with van der Waals surface area (Å²) >= 11 is 0. The van der Waals surface area contributed by atoms with Gasteiger partial charge >= 0.3 is 5.97 Å². The number of aliphatic carboxylic acids is 1. The highest BCUT2D eigenvalue weighted by Gasteiger charge is 2.42. The summed E-state index contributed by atoms with van der Waals surface area (Å²) in [5.74, 6) is -2.00. The molecule has 1 atom stereocenters. The standard InChI is InChI=1S/C24H19FN2O3/c25-20-14-8-7-13-18(20)23-19(15-21(28)29)22(26-16-9-3-1-4-10-16)24(30)27(23)17-11-5-2-6-12-17/h1-14,23,26H,15H2,(H,28,29)/t23-/m0/s1. The Hall–Kier alpha value is -3.93. The van der Waals surface area contributed by atoms with Crippen molar-refractivity contribution >= 4 is 23.3 Å². The number of hydrogen-bond donors (Lipinski definition) is 2. The average Bonchev–Trinajstić information content (AvgIpc) is 3.01. The van der Waals surface area contributed by atoms with Crippen LogP contribution < -0.4 is 10.2 Å². The van der Waals surface area contributed by atoms with Gasteiger partial charge in [-0.25, -0.2) is 4.39 Å². The minimum atomic E-state index is -1.10. The molecule has 1 aliphatic heterocycles. The number of nitrogens with one attached hydrogen (secondary N) is 1. The van der Waals surface area contributed by atoms with Crippen molar-refractivity contribution in [3.8, 4) is 0 Å². The maximum absolute atomic E-state index is 14.8. The maximum atomic E-state index is 14.8. The molecule has 0 saturated heterocycles. The van der Waals surface area contributed by atoms with E-state index in [0.717, 1.165) is 0 Å². The van der Waals surface area contributed by atoms with Gasteiger partial charge in [0.25, 0.3) is 5.91 Å². The van der Waals surface area contributed by atoms with Crippen LogP contribution in [-0.4, -0.2) is 17.0 Å². The van der Waals surface area contributed by atoms with E-state index in [1.807, 2.05) is 24.3 Å². The Balaban J connectivity index is 1.90. The van der Waals surface area contributed by atoms with Gasteiger partial charge in [0.05, 0.1) is 12.5 Å². The summed E-state index contributed by atoms with van der Waals surface area (Å²) in [5.41, 5.74) is 1.91. The summed E-state index contributed by atoms with van der Waals surface area (Å²) in [4.78, 5) is 26.6. The SMILES string of the molecule is O=C(O)CC1=C(Nc2ccccc2)C(=O)N(c2ccccc2)[C@H]1c1ccccc1F. The first-order valence-electron chi connectivity index (χ1n) is 9.46. The van der Waals surface area contributed by atoms with E-state index in [2.05, 4.69) is 5.32 Å². The molecular weight excluding hydrogens is 383 g/mol. The second-order valence-corrected chi connectivity index (χ2v) is 6.90. The zero-order valence-corrected chi connectivity index (χ0v) is 16.0. The number of carboxylic acid groups (broad SMARTS) is 1. The normalized spacial score (nSPS) is 16.1. The molecule has 150 valence electrons. The van der Waals surface area contributed by atoms with Crippen LogP contribution in [0.3, 0.4) is 0 Å². The van der Waals surface area contributed by atoms with Gasteiger partial charge in [-0.2, -0.15) is 0 Å². The molecule has 0 radical (unpaired) electrons. The molecule has 3 aromatic carbocycles. The zero-order chi connectivity index (χ0) is 21.1. The van der Waals surface area contributed by atoms with Crippen molar-refractivity contribution in [1.82, 2.24) is 0 Å². The molecule has 0 aliphatic carbocycles. The molecule has 1 aliphatic rings. The Labute approximate surface area is 173 Å². The summed E-state index contributed by atoms with van der Waals surface area (Å²) in [6.07, 6.45) is -0.400. The highest BCUT2D eigenvalue weighted by Crippen LogP contribution is 2.43. The van der Waals surface area contributed by atoms with Crippen LogP contribution in [0.25, 0.3) is 0 Å². The third-order valence-corrected chi connectivity index (χ3v) is 4.96. The van der Waals surface area contributed by atoms with Crippen molar-refractivity contribution in [1.29, 1.82) is 0 Å². The number of carbonyl (C=O) groups is 2. The molecule has 0 fully saturated rings. The Morgan fingerprint density at radius 2 is 1.53 bits per heavy atom. The minimum Gasteiger partial charge on any atom is -0.481 e. The summed E-state index contributed by atoms with van der Waals surface area (Å²) in [5, 5.41) is 12.6. The van der Waals surface area contributed by atoms with E-state index < -0.39 is 30.2 Å². The molecular formula is C24H19FN2O3. The number of nitrogens with zero attached hydrogens (tertiary/aromatic N) is 1. The first-order chi connectivity index (χ1) is 14.6. The fourth-order valence-electron chi connectivity index (χ4n) is 3.69. The predicted molar refractivity (Wildman–Crippen MR) is 112 cm³/mol. The Morgan fingerprint density at radius 1 is 0.933 bits per heavy atom. The van der Waals surface area contributed by atoms with Crippen molar-refractivity contribution in [2.75, 3.05) is 10.2 Å². The van der Waals surface area contributed by atoms with E-state index in [-0.39, 0.29) is 11.3 Å². The van der Waals surface area contributed by atoms with Gasteiger partial charge in [-0.1, -0.05) is 54.6 Å². The smallest absolute Gasteiger partial charge is 0.307 e. The number of para-hydroxylation sites is 2. The number of carboxylic acids is 1. The lowest BCUT2D eigenvalue weighted by molar-refractivity contribution is -0.136. The highest BCUT2D eigenvalue weighted by molar-refractivity contribution is 6.12. The molecule has 0 bridgehead atoms. The minimum absolute atomic E-state index is 0.153. The molecule has 1 amide bonds. The topological polar surface area (TPSA) is 69.6 Å². The molecule has 1 heterocycles. The molecule has 0 aromatic heterocycles. The third-order valence-electron chi connectivity index (χ3n) is 4.96. The van der Waals surface area contributed by atoms with Gasteiger partial charge in [0.15, 0.2) is 0 Å². The Bertz CT molecular complexity index is 1110. The fraction of sp³-hybridized carbons (Fsp3) is 0.0833. The lowest BCUT2D eigenvalue weighted by Gasteiger charge is -2.27. The van der Waals surface area contributed by atoms with Crippen LogP contribution in [0.1, 0.15) is 18.0 Å². The largest absolute Gasteiger partial charge is 0.481 e. The van der Waals surface area contributed by atoms with Gasteiger partial charge in [-0.05, 0) is 35.9 Å². The Morgan fingerprint density at radius 3 is 2.17 bits per heavy atom. The molecule has 3 aromatic rings. The fourth-order valence-corrected chi connectivity index (χ4v) is 3.69. The number of hydrogen-bond acceptors (Lipinski definition) is 3. The second-order valence-electron chi connectivity index (χ2n) is 6.90. The van der Waals surface area contributed by atoms with Crippen LogP contribution in [-0.2, 0) is 9.59 Å². The van der Waals surface area contributed by atoms with Gasteiger partial charge in [0, 0.05) is 16.9 Å². The summed E-state index contributed by atoms with van der Waals surface area (Å²) in [6, 6.07) is 23.1. The van der Waals surface area contributed by atoms with Crippen molar-refractivity contribution in [2.45, 2.75) is 12.5 Å². The monoisotopic (exact) mass is 402 g/mol. The second kappa shape index (κ2) is 8.21. The van der Waals surface area contributed by atoms with Crippen LogP contribution in [0.2, 0.25) is 0 Å². The van der Waals surface area contributed by atoms with Crippen molar-refractivity contribution in [3.05, 3.63) is 108 Å². The molecule has 4 rings (SSSR count). The van der Waals surface area contributed by atoms with Gasteiger partial charge in [-0.3, -0.25) is 14.5 Å². The van der Waals surface area contributed by atoms with E-state index >= 15 is 0 Å². The van der Waals surface area contributed by atoms with E-state index in [9.17, 15) is 19.1 Å². The van der Waals surface area contributed by atoms with Gasteiger partial charge in [-0.15, -0.1) is 0 Å². The van der Waals surface area contributed by atoms with Crippen molar-refractivity contribution < 1.29 is 19.1 Å². The zero-order valence-electron chi connectivity index (χ0n) is 16.0. The van der Waals surface area contributed by atoms with E-state index in [0.29, 0.717) is 16.9 Å². The van der Waals surface area contributed by atoms with Crippen LogP contribution in [0.15, 0.2) is 96.2 Å². The lowest BCUT2D eigenvalue weighted by Crippen LogP contribution is -2.31. The molecule has 0 unspecified atom stereocenters. The number of anilines is 2. The first-order valence-corrected chi connectivity index (χ1v) is 9.46. The van der Waals surface area contributed by atoms with Crippen LogP contribution in [0.4, 0.5) is 15.8 Å². The quantitative estimate of drug-likeness (QED) is 0.624. The maximum Gasteiger partial charge on any atom is 0.307 e. The number of amides is 1. The van der Waals surface area contributed by atoms with E-state index in [1.54, 1.807) is 54.6 Å². The number of benzene rings is 3.